The average molecular weight is 299 g/mol. The van der Waals surface area contributed by atoms with Crippen LogP contribution in [0.4, 0.5) is 0 Å². The molecule has 126 valence electrons. The van der Waals surface area contributed by atoms with Gasteiger partial charge in [0.1, 0.15) is 0 Å². The maximum Gasteiger partial charge on any atom is 0.0897 e. The molecule has 0 radical (unpaired) electrons. The minimum Gasteiger partial charge on any atom is -0.389 e. The van der Waals surface area contributed by atoms with Gasteiger partial charge >= 0.3 is 0 Å². The lowest BCUT2D eigenvalue weighted by atomic mass is 9.89. The summed E-state index contributed by atoms with van der Waals surface area (Å²) in [5.41, 5.74) is 0. The summed E-state index contributed by atoms with van der Waals surface area (Å²) in [4.78, 5) is 0. The molecule has 0 aliphatic heterocycles. The van der Waals surface area contributed by atoms with Crippen molar-refractivity contribution in [3.05, 3.63) is 0 Å². The SMILES string of the molecule is CCCCC(CC)CNCC(O)COC1CCCC(C)C1. The fraction of sp³-hybridized carbons (Fsp3) is 1.00. The first-order chi connectivity index (χ1) is 10.2. The topological polar surface area (TPSA) is 41.5 Å². The summed E-state index contributed by atoms with van der Waals surface area (Å²) in [5, 5.41) is 13.4. The molecule has 0 amide bonds. The largest absolute Gasteiger partial charge is 0.389 e. The van der Waals surface area contributed by atoms with Gasteiger partial charge in [-0.05, 0) is 37.6 Å². The zero-order chi connectivity index (χ0) is 15.5. The van der Waals surface area contributed by atoms with Gasteiger partial charge in [0, 0.05) is 6.54 Å². The molecule has 1 saturated carbocycles. The van der Waals surface area contributed by atoms with Gasteiger partial charge in [0.15, 0.2) is 0 Å². The van der Waals surface area contributed by atoms with E-state index in [9.17, 15) is 5.11 Å². The first kappa shape index (κ1) is 18.9. The number of unbranched alkanes of at least 4 members (excludes halogenated alkanes) is 1. The Morgan fingerprint density at radius 1 is 1.24 bits per heavy atom. The molecule has 0 aromatic carbocycles. The fourth-order valence-electron chi connectivity index (χ4n) is 3.23. The molecule has 3 nitrogen and oxygen atoms in total. The Morgan fingerprint density at radius 2 is 2.05 bits per heavy atom. The Bertz CT molecular complexity index is 247. The highest BCUT2D eigenvalue weighted by Gasteiger charge is 2.20. The molecule has 4 atom stereocenters. The molecule has 4 unspecified atom stereocenters. The Morgan fingerprint density at radius 3 is 2.71 bits per heavy atom. The van der Waals surface area contributed by atoms with Gasteiger partial charge in [-0.3, -0.25) is 0 Å². The van der Waals surface area contributed by atoms with Crippen LogP contribution in [0.1, 0.15) is 72.1 Å². The van der Waals surface area contributed by atoms with Crippen LogP contribution >= 0.6 is 0 Å². The number of rotatable bonds is 11. The molecule has 21 heavy (non-hydrogen) atoms. The van der Waals surface area contributed by atoms with Crippen LogP contribution in [-0.2, 0) is 4.74 Å². The van der Waals surface area contributed by atoms with Crippen molar-refractivity contribution >= 4 is 0 Å². The second kappa shape index (κ2) is 11.4. The summed E-state index contributed by atoms with van der Waals surface area (Å²) in [6, 6.07) is 0. The van der Waals surface area contributed by atoms with E-state index in [4.69, 9.17) is 4.74 Å². The number of hydrogen-bond acceptors (Lipinski definition) is 3. The summed E-state index contributed by atoms with van der Waals surface area (Å²) in [6.07, 6.45) is 10.0. The van der Waals surface area contributed by atoms with Crippen LogP contribution in [0.2, 0.25) is 0 Å². The highest BCUT2D eigenvalue weighted by atomic mass is 16.5. The number of hydrogen-bond donors (Lipinski definition) is 2. The Labute approximate surface area is 131 Å². The van der Waals surface area contributed by atoms with Gasteiger partial charge in [-0.15, -0.1) is 0 Å². The van der Waals surface area contributed by atoms with Crippen molar-refractivity contribution in [1.29, 1.82) is 0 Å². The first-order valence-corrected chi connectivity index (χ1v) is 9.16. The van der Waals surface area contributed by atoms with E-state index < -0.39 is 0 Å². The van der Waals surface area contributed by atoms with Crippen LogP contribution in [0.5, 0.6) is 0 Å². The quantitative estimate of drug-likeness (QED) is 0.610. The zero-order valence-electron chi connectivity index (χ0n) is 14.4. The van der Waals surface area contributed by atoms with Crippen LogP contribution in [0.25, 0.3) is 0 Å². The lowest BCUT2D eigenvalue weighted by Gasteiger charge is -2.27. The molecule has 0 aromatic heterocycles. The Hall–Kier alpha value is -0.120. The molecule has 2 N–H and O–H groups in total. The lowest BCUT2D eigenvalue weighted by molar-refractivity contribution is -0.0307. The normalized spacial score (nSPS) is 25.7. The smallest absolute Gasteiger partial charge is 0.0897 e. The molecule has 1 aliphatic carbocycles. The van der Waals surface area contributed by atoms with E-state index in [1.807, 2.05) is 0 Å². The molecular weight excluding hydrogens is 262 g/mol. The lowest BCUT2D eigenvalue weighted by Crippen LogP contribution is -2.35. The minimum absolute atomic E-state index is 0.370. The van der Waals surface area contributed by atoms with Crippen molar-refractivity contribution in [3.63, 3.8) is 0 Å². The summed E-state index contributed by atoms with van der Waals surface area (Å²) in [5.74, 6) is 1.53. The molecule has 1 rings (SSSR count). The second-order valence-electron chi connectivity index (χ2n) is 6.96. The van der Waals surface area contributed by atoms with Crippen molar-refractivity contribution in [2.75, 3.05) is 19.7 Å². The average Bonchev–Trinajstić information content (AvgIpc) is 2.48. The number of aliphatic hydroxyl groups is 1. The minimum atomic E-state index is -0.370. The molecule has 0 saturated heterocycles. The summed E-state index contributed by atoms with van der Waals surface area (Å²) in [7, 11) is 0. The molecule has 0 spiro atoms. The van der Waals surface area contributed by atoms with E-state index in [0.29, 0.717) is 19.3 Å². The Kier molecular flexibility index (Phi) is 10.3. The van der Waals surface area contributed by atoms with Crippen molar-refractivity contribution in [2.24, 2.45) is 11.8 Å². The van der Waals surface area contributed by atoms with E-state index >= 15 is 0 Å². The number of ether oxygens (including phenoxy) is 1. The second-order valence-corrected chi connectivity index (χ2v) is 6.96. The highest BCUT2D eigenvalue weighted by molar-refractivity contribution is 4.71. The predicted octanol–water partition coefficient (Wildman–Crippen LogP) is 3.75. The van der Waals surface area contributed by atoms with Crippen molar-refractivity contribution in [2.45, 2.75) is 84.3 Å². The first-order valence-electron chi connectivity index (χ1n) is 9.16. The van der Waals surface area contributed by atoms with Gasteiger partial charge in [0.25, 0.3) is 0 Å². The van der Waals surface area contributed by atoms with E-state index in [0.717, 1.165) is 24.8 Å². The molecule has 1 fully saturated rings. The van der Waals surface area contributed by atoms with Crippen LogP contribution in [0.3, 0.4) is 0 Å². The molecule has 0 heterocycles. The van der Waals surface area contributed by atoms with Crippen LogP contribution in [0, 0.1) is 11.8 Å². The van der Waals surface area contributed by atoms with Gasteiger partial charge in [-0.25, -0.2) is 0 Å². The molecule has 0 aromatic rings. The third-order valence-corrected chi connectivity index (χ3v) is 4.77. The number of nitrogens with one attached hydrogen (secondary N) is 1. The van der Waals surface area contributed by atoms with Crippen molar-refractivity contribution < 1.29 is 9.84 Å². The van der Waals surface area contributed by atoms with E-state index in [2.05, 4.69) is 26.1 Å². The van der Waals surface area contributed by atoms with Gasteiger partial charge in [-0.1, -0.05) is 52.9 Å². The number of aliphatic hydroxyl groups excluding tert-OH is 1. The van der Waals surface area contributed by atoms with Gasteiger partial charge in [-0.2, -0.15) is 0 Å². The summed E-state index contributed by atoms with van der Waals surface area (Å²) >= 11 is 0. The summed E-state index contributed by atoms with van der Waals surface area (Å²) in [6.45, 7) is 8.96. The third kappa shape index (κ3) is 8.80. The van der Waals surface area contributed by atoms with Crippen LogP contribution in [0.15, 0.2) is 0 Å². The zero-order valence-corrected chi connectivity index (χ0v) is 14.4. The third-order valence-electron chi connectivity index (χ3n) is 4.77. The van der Waals surface area contributed by atoms with Gasteiger partial charge < -0.3 is 15.2 Å². The van der Waals surface area contributed by atoms with Gasteiger partial charge in [0.05, 0.1) is 18.8 Å². The summed E-state index contributed by atoms with van der Waals surface area (Å²) < 4.78 is 5.87. The van der Waals surface area contributed by atoms with Crippen LogP contribution < -0.4 is 5.32 Å². The highest BCUT2D eigenvalue weighted by Crippen LogP contribution is 2.25. The van der Waals surface area contributed by atoms with Gasteiger partial charge in [0.2, 0.25) is 0 Å². The van der Waals surface area contributed by atoms with E-state index in [1.165, 1.54) is 44.9 Å². The standard InChI is InChI=1S/C18H37NO2/c1-4-6-9-16(5-2)12-19-13-17(20)14-21-18-10-7-8-15(3)11-18/h15-20H,4-14H2,1-3H3. The molecular formula is C18H37NO2. The van der Waals surface area contributed by atoms with Crippen molar-refractivity contribution in [1.82, 2.24) is 5.32 Å². The van der Waals surface area contributed by atoms with E-state index in [-0.39, 0.29) is 6.10 Å². The van der Waals surface area contributed by atoms with E-state index in [1.54, 1.807) is 0 Å². The molecule has 3 heteroatoms. The Balaban J connectivity index is 2.06. The van der Waals surface area contributed by atoms with Crippen LogP contribution in [-0.4, -0.2) is 37.0 Å². The molecule has 1 aliphatic rings. The predicted molar refractivity (Wildman–Crippen MR) is 89.6 cm³/mol. The monoisotopic (exact) mass is 299 g/mol. The maximum atomic E-state index is 10.0. The maximum absolute atomic E-state index is 10.0. The fourth-order valence-corrected chi connectivity index (χ4v) is 3.23. The van der Waals surface area contributed by atoms with Crippen molar-refractivity contribution in [3.8, 4) is 0 Å². The molecule has 0 bridgehead atoms.